The lowest BCUT2D eigenvalue weighted by atomic mass is 10.0. The van der Waals surface area contributed by atoms with Crippen molar-refractivity contribution in [2.45, 2.75) is 32.5 Å². The second-order valence-electron chi connectivity index (χ2n) is 7.06. The zero-order valence-electron chi connectivity index (χ0n) is 16.1. The summed E-state index contributed by atoms with van der Waals surface area (Å²) in [7, 11) is 0. The van der Waals surface area contributed by atoms with Gasteiger partial charge in [-0.15, -0.1) is 5.10 Å². The number of fused-ring (bicyclic) bond motifs is 1. The first-order chi connectivity index (χ1) is 14.2. The van der Waals surface area contributed by atoms with Crippen LogP contribution in [0.3, 0.4) is 0 Å². The molecule has 6 nitrogen and oxygen atoms in total. The summed E-state index contributed by atoms with van der Waals surface area (Å²) in [5, 5.41) is 7.80. The number of alkyl halides is 3. The number of benzene rings is 1. The molecule has 0 N–H and O–H groups in total. The van der Waals surface area contributed by atoms with Crippen LogP contribution in [0.2, 0.25) is 5.02 Å². The predicted octanol–water partition coefficient (Wildman–Crippen LogP) is 4.40. The number of hydrogen-bond donors (Lipinski definition) is 0. The van der Waals surface area contributed by atoms with E-state index in [-0.39, 0.29) is 5.56 Å². The molecule has 0 saturated heterocycles. The van der Waals surface area contributed by atoms with Gasteiger partial charge in [-0.2, -0.15) is 17.9 Å². The Morgan fingerprint density at radius 3 is 2.63 bits per heavy atom. The molecule has 0 spiro atoms. The lowest BCUT2D eigenvalue weighted by Crippen LogP contribution is -2.39. The molecule has 2 aromatic heterocycles. The number of carbonyl (C=O) groups excluding carboxylic acids is 1. The van der Waals surface area contributed by atoms with Gasteiger partial charge in [-0.1, -0.05) is 28.9 Å². The average molecular weight is 436 g/mol. The fourth-order valence-electron chi connectivity index (χ4n) is 3.62. The minimum Gasteiger partial charge on any atom is -0.330 e. The molecule has 10 heteroatoms. The first kappa shape index (κ1) is 20.3. The molecular formula is C20H17ClF3N5O. The lowest BCUT2D eigenvalue weighted by molar-refractivity contribution is -0.137. The molecule has 30 heavy (non-hydrogen) atoms. The van der Waals surface area contributed by atoms with Crippen molar-refractivity contribution in [2.75, 3.05) is 6.54 Å². The monoisotopic (exact) mass is 435 g/mol. The topological polar surface area (TPSA) is 63.9 Å². The van der Waals surface area contributed by atoms with Gasteiger partial charge in [-0.05, 0) is 38.1 Å². The standard InChI is InChI=1S/C20H17ClF3N5O/c1-11-5-3-8-16(25-11)29-15-9-10-28(12(2)18(15)26-27-29)19(30)13-6-4-7-14(17(13)21)20(22,23)24/h3-8,12H,9-10H2,1-2H3/t12-/m0/s1. The first-order valence-corrected chi connectivity index (χ1v) is 9.61. The fraction of sp³-hybridized carbons (Fsp3) is 0.300. The van der Waals surface area contributed by atoms with Crippen LogP contribution in [0.25, 0.3) is 5.82 Å². The van der Waals surface area contributed by atoms with E-state index in [4.69, 9.17) is 11.6 Å². The largest absolute Gasteiger partial charge is 0.417 e. The van der Waals surface area contributed by atoms with Crippen LogP contribution in [0, 0.1) is 6.92 Å². The van der Waals surface area contributed by atoms with Crippen LogP contribution in [0.4, 0.5) is 13.2 Å². The molecule has 1 aliphatic rings. The Kier molecular flexibility index (Phi) is 5.01. The Morgan fingerprint density at radius 2 is 1.93 bits per heavy atom. The number of rotatable bonds is 2. The molecular weight excluding hydrogens is 419 g/mol. The van der Waals surface area contributed by atoms with E-state index in [1.807, 2.05) is 25.1 Å². The van der Waals surface area contributed by atoms with Crippen LogP contribution in [0.1, 0.15) is 46.0 Å². The molecule has 3 heterocycles. The summed E-state index contributed by atoms with van der Waals surface area (Å²) in [5.41, 5.74) is 1.02. The van der Waals surface area contributed by atoms with Crippen LogP contribution in [-0.2, 0) is 12.6 Å². The SMILES string of the molecule is Cc1cccc(-n2nnc3c2CCN(C(=O)c2cccc(C(F)(F)F)c2Cl)[C@H]3C)n1. The Balaban J connectivity index is 1.67. The van der Waals surface area contributed by atoms with Gasteiger partial charge in [0.05, 0.1) is 27.9 Å². The third kappa shape index (κ3) is 3.43. The Hall–Kier alpha value is -2.94. The van der Waals surface area contributed by atoms with Crippen molar-refractivity contribution in [3.05, 3.63) is 69.6 Å². The van der Waals surface area contributed by atoms with Crippen LogP contribution in [0.15, 0.2) is 36.4 Å². The minimum absolute atomic E-state index is 0.186. The number of aryl methyl sites for hydroxylation is 1. The fourth-order valence-corrected chi connectivity index (χ4v) is 3.93. The molecule has 0 aliphatic carbocycles. The summed E-state index contributed by atoms with van der Waals surface area (Å²) < 4.78 is 41.1. The Labute approximate surface area is 175 Å². The van der Waals surface area contributed by atoms with Gasteiger partial charge in [0, 0.05) is 18.7 Å². The number of amides is 1. The van der Waals surface area contributed by atoms with Crippen molar-refractivity contribution in [3.8, 4) is 5.82 Å². The summed E-state index contributed by atoms with van der Waals surface area (Å²) in [5.74, 6) is 0.0455. The molecule has 0 fully saturated rings. The van der Waals surface area contributed by atoms with Crippen LogP contribution < -0.4 is 0 Å². The zero-order valence-corrected chi connectivity index (χ0v) is 16.9. The molecule has 4 rings (SSSR count). The highest BCUT2D eigenvalue weighted by molar-refractivity contribution is 6.34. The van der Waals surface area contributed by atoms with Gasteiger partial charge in [-0.3, -0.25) is 4.79 Å². The van der Waals surface area contributed by atoms with Gasteiger partial charge >= 0.3 is 6.18 Å². The number of hydrogen-bond acceptors (Lipinski definition) is 4. The van der Waals surface area contributed by atoms with Gasteiger partial charge in [-0.25, -0.2) is 4.98 Å². The summed E-state index contributed by atoms with van der Waals surface area (Å²) in [6, 6.07) is 8.41. The molecule has 3 aromatic rings. The van der Waals surface area contributed by atoms with Crippen molar-refractivity contribution in [3.63, 3.8) is 0 Å². The van der Waals surface area contributed by atoms with Crippen molar-refractivity contribution in [2.24, 2.45) is 0 Å². The summed E-state index contributed by atoms with van der Waals surface area (Å²) >= 11 is 5.95. The van der Waals surface area contributed by atoms with Crippen molar-refractivity contribution < 1.29 is 18.0 Å². The summed E-state index contributed by atoms with van der Waals surface area (Å²) in [4.78, 5) is 19.0. The number of pyridine rings is 1. The van der Waals surface area contributed by atoms with E-state index >= 15 is 0 Å². The molecule has 0 saturated carbocycles. The van der Waals surface area contributed by atoms with Gasteiger partial charge in [0.2, 0.25) is 0 Å². The van der Waals surface area contributed by atoms with Gasteiger partial charge < -0.3 is 4.90 Å². The van der Waals surface area contributed by atoms with E-state index in [1.165, 1.54) is 17.0 Å². The maximum atomic E-state index is 13.2. The smallest absolute Gasteiger partial charge is 0.330 e. The predicted molar refractivity (Wildman–Crippen MR) is 104 cm³/mol. The van der Waals surface area contributed by atoms with Crippen molar-refractivity contribution in [1.29, 1.82) is 0 Å². The van der Waals surface area contributed by atoms with E-state index in [2.05, 4.69) is 15.3 Å². The number of nitrogens with zero attached hydrogens (tertiary/aromatic N) is 5. The van der Waals surface area contributed by atoms with E-state index in [0.717, 1.165) is 17.5 Å². The minimum atomic E-state index is -4.64. The van der Waals surface area contributed by atoms with Gasteiger partial charge in [0.25, 0.3) is 5.91 Å². The van der Waals surface area contributed by atoms with Crippen LogP contribution >= 0.6 is 11.6 Å². The molecule has 1 aliphatic heterocycles. The van der Waals surface area contributed by atoms with Crippen molar-refractivity contribution in [1.82, 2.24) is 24.9 Å². The van der Waals surface area contributed by atoms with Crippen molar-refractivity contribution >= 4 is 17.5 Å². The first-order valence-electron chi connectivity index (χ1n) is 9.23. The molecule has 1 aromatic carbocycles. The highest BCUT2D eigenvalue weighted by Gasteiger charge is 2.37. The van der Waals surface area contributed by atoms with Gasteiger partial charge in [0.15, 0.2) is 5.82 Å². The Morgan fingerprint density at radius 1 is 1.20 bits per heavy atom. The zero-order chi connectivity index (χ0) is 21.6. The maximum absolute atomic E-state index is 13.2. The summed E-state index contributed by atoms with van der Waals surface area (Å²) in [6.07, 6.45) is -4.21. The second-order valence-corrected chi connectivity index (χ2v) is 7.44. The highest BCUT2D eigenvalue weighted by atomic mass is 35.5. The molecule has 0 bridgehead atoms. The summed E-state index contributed by atoms with van der Waals surface area (Å²) in [6.45, 7) is 3.92. The highest BCUT2D eigenvalue weighted by Crippen LogP contribution is 2.38. The molecule has 1 atom stereocenters. The van der Waals surface area contributed by atoms with Crippen LogP contribution in [0.5, 0.6) is 0 Å². The van der Waals surface area contributed by atoms with Gasteiger partial charge in [0.1, 0.15) is 5.69 Å². The van der Waals surface area contributed by atoms with E-state index in [9.17, 15) is 18.0 Å². The quantitative estimate of drug-likeness (QED) is 0.598. The molecule has 0 unspecified atom stereocenters. The second kappa shape index (κ2) is 7.39. The Bertz CT molecular complexity index is 1130. The lowest BCUT2D eigenvalue weighted by Gasteiger charge is -2.33. The number of carbonyl (C=O) groups is 1. The molecule has 0 radical (unpaired) electrons. The molecule has 1 amide bonds. The third-order valence-electron chi connectivity index (χ3n) is 5.13. The average Bonchev–Trinajstić information content (AvgIpc) is 3.12. The van der Waals surface area contributed by atoms with E-state index in [1.54, 1.807) is 11.6 Å². The molecule has 156 valence electrons. The maximum Gasteiger partial charge on any atom is 0.417 e. The van der Waals surface area contributed by atoms with Crippen LogP contribution in [-0.4, -0.2) is 37.3 Å². The van der Waals surface area contributed by atoms with E-state index in [0.29, 0.717) is 24.5 Å². The number of aromatic nitrogens is 4. The number of halogens is 4. The van der Waals surface area contributed by atoms with E-state index < -0.39 is 28.7 Å². The normalized spacial score (nSPS) is 16.5. The third-order valence-corrected chi connectivity index (χ3v) is 5.54.